The summed E-state index contributed by atoms with van der Waals surface area (Å²) < 4.78 is 39.9. The van der Waals surface area contributed by atoms with Crippen LogP contribution < -0.4 is 14.2 Å². The number of thiazole rings is 1. The van der Waals surface area contributed by atoms with E-state index in [2.05, 4.69) is 27.7 Å². The van der Waals surface area contributed by atoms with Gasteiger partial charge in [0.25, 0.3) is 15.1 Å². The third kappa shape index (κ3) is 4.28. The summed E-state index contributed by atoms with van der Waals surface area (Å²) in [6, 6.07) is 14.1. The van der Waals surface area contributed by atoms with E-state index in [0.717, 1.165) is 31.7 Å². The third-order valence-electron chi connectivity index (χ3n) is 4.74. The number of aromatic nitrogens is 1. The Balaban J connectivity index is 1.69. The number of hydrogen-bond acceptors (Lipinski definition) is 6. The monoisotopic (exact) mass is 449 g/mol. The van der Waals surface area contributed by atoms with Gasteiger partial charge in [-0.2, -0.15) is 13.0 Å². The van der Waals surface area contributed by atoms with Crippen LogP contribution in [-0.2, 0) is 16.7 Å². The second-order valence-corrected chi connectivity index (χ2v) is 10.4. The zero-order valence-corrected chi connectivity index (χ0v) is 18.5. The Labute approximate surface area is 178 Å². The number of hydrogen-bond donors (Lipinski definition) is 1. The molecule has 0 radical (unpaired) electrons. The molecule has 1 aromatic heterocycles. The van der Waals surface area contributed by atoms with Crippen LogP contribution in [0.2, 0.25) is 0 Å². The highest BCUT2D eigenvalue weighted by Crippen LogP contribution is 2.47. The van der Waals surface area contributed by atoms with Gasteiger partial charge in [-0.15, -0.1) is 0 Å². The average Bonchev–Trinajstić information content (AvgIpc) is 3.18. The van der Waals surface area contributed by atoms with Crippen LogP contribution in [0.1, 0.15) is 11.4 Å². The van der Waals surface area contributed by atoms with Gasteiger partial charge in [-0.05, 0) is 18.2 Å². The van der Waals surface area contributed by atoms with Crippen LogP contribution in [0.15, 0.2) is 52.4 Å². The van der Waals surface area contributed by atoms with Crippen LogP contribution in [0.5, 0.6) is 5.75 Å². The van der Waals surface area contributed by atoms with Gasteiger partial charge in [0.1, 0.15) is 10.4 Å². The van der Waals surface area contributed by atoms with Crippen LogP contribution in [0.25, 0.3) is 16.3 Å². The topological polar surface area (TPSA) is 70.7 Å². The van der Waals surface area contributed by atoms with Crippen molar-refractivity contribution in [1.29, 1.82) is 0 Å². The minimum absolute atomic E-state index is 0.250. The quantitative estimate of drug-likeness (QED) is 0.453. The first-order valence-corrected chi connectivity index (χ1v) is 12.3. The summed E-state index contributed by atoms with van der Waals surface area (Å²) in [6.07, 6.45) is 2.48. The highest BCUT2D eigenvalue weighted by Gasteiger charge is 2.26. The van der Waals surface area contributed by atoms with E-state index in [1.54, 1.807) is 30.2 Å². The summed E-state index contributed by atoms with van der Waals surface area (Å²) in [5.41, 5.74) is 2.16. The maximum atomic E-state index is 11.1. The van der Waals surface area contributed by atoms with Crippen LogP contribution in [-0.4, -0.2) is 32.9 Å². The first-order valence-electron chi connectivity index (χ1n) is 9.03. The molecular weight excluding hydrogens is 428 g/mol. The minimum atomic E-state index is -3.97. The van der Waals surface area contributed by atoms with Crippen molar-refractivity contribution in [2.75, 3.05) is 24.8 Å². The predicted molar refractivity (Wildman–Crippen MR) is 118 cm³/mol. The number of rotatable bonds is 6. The summed E-state index contributed by atoms with van der Waals surface area (Å²) in [5.74, 6) is 0.569. The molecule has 2 aromatic carbocycles. The van der Waals surface area contributed by atoms with E-state index in [1.807, 2.05) is 37.4 Å². The smallest absolute Gasteiger partial charge is 0.265 e. The summed E-state index contributed by atoms with van der Waals surface area (Å²) in [7, 11) is -0.279. The van der Waals surface area contributed by atoms with Gasteiger partial charge in [-0.1, -0.05) is 35.2 Å². The molecule has 0 fully saturated rings. The molecule has 0 bridgehead atoms. The second-order valence-electron chi connectivity index (χ2n) is 6.68. The molecule has 1 aliphatic heterocycles. The molecule has 0 atom stereocenters. The minimum Gasteiger partial charge on any atom is -0.497 e. The van der Waals surface area contributed by atoms with Crippen LogP contribution in [0, 0.1) is 0 Å². The zero-order chi connectivity index (χ0) is 20.6. The first kappa shape index (κ1) is 20.2. The molecule has 0 spiro atoms. The lowest BCUT2D eigenvalue weighted by Crippen LogP contribution is -2.36. The highest BCUT2D eigenvalue weighted by atomic mass is 32.2. The fourth-order valence-electron chi connectivity index (χ4n) is 3.30. The fraction of sp³-hybridized carbons (Fsp3) is 0.250. The highest BCUT2D eigenvalue weighted by molar-refractivity contribution is 8.03. The maximum Gasteiger partial charge on any atom is 0.265 e. The van der Waals surface area contributed by atoms with E-state index >= 15 is 0 Å². The molecule has 2 heterocycles. The Morgan fingerprint density at radius 1 is 1.24 bits per heavy atom. The van der Waals surface area contributed by atoms with Crippen molar-refractivity contribution in [1.82, 2.24) is 0 Å². The van der Waals surface area contributed by atoms with E-state index in [-0.39, 0.29) is 5.75 Å². The third-order valence-corrected chi connectivity index (χ3v) is 7.82. The van der Waals surface area contributed by atoms with Crippen molar-refractivity contribution in [2.24, 2.45) is 0 Å². The van der Waals surface area contributed by atoms with Gasteiger partial charge in [-0.25, -0.2) is 0 Å². The van der Waals surface area contributed by atoms with E-state index in [9.17, 15) is 8.42 Å². The molecule has 9 heteroatoms. The molecule has 29 heavy (non-hydrogen) atoms. The largest absolute Gasteiger partial charge is 0.497 e. The standard InChI is InChI=1S/C20H20N2O4S3/c1-21-16-12-14(26-2)8-9-18(16)27-19(21)13-20-22(10-5-11-29(23,24)25)15-6-3-4-7-17(15)28-20/h3-4,6-9,12-13H,5,10-11H2,1-2H3/p+1. The summed E-state index contributed by atoms with van der Waals surface area (Å²) >= 11 is 3.36. The Kier molecular flexibility index (Phi) is 5.56. The molecule has 1 N–H and O–H groups in total. The molecular formula is C20H21N2O4S3+. The molecule has 4 rings (SSSR count). The van der Waals surface area contributed by atoms with E-state index in [0.29, 0.717) is 13.0 Å². The predicted octanol–water partition coefficient (Wildman–Crippen LogP) is 4.02. The lowest BCUT2D eigenvalue weighted by atomic mass is 10.3. The molecule has 6 nitrogen and oxygen atoms in total. The van der Waals surface area contributed by atoms with Gasteiger partial charge in [0.2, 0.25) is 5.52 Å². The number of benzene rings is 2. The van der Waals surface area contributed by atoms with Gasteiger partial charge in [0, 0.05) is 30.5 Å². The van der Waals surface area contributed by atoms with Crippen LogP contribution >= 0.6 is 23.1 Å². The number of para-hydroxylation sites is 1. The molecule has 0 saturated carbocycles. The van der Waals surface area contributed by atoms with E-state index in [1.165, 1.54) is 4.90 Å². The number of aryl methyl sites for hydroxylation is 1. The summed E-state index contributed by atoms with van der Waals surface area (Å²) in [4.78, 5) is 3.30. The van der Waals surface area contributed by atoms with Gasteiger partial charge >= 0.3 is 0 Å². The van der Waals surface area contributed by atoms with Gasteiger partial charge < -0.3 is 9.64 Å². The van der Waals surface area contributed by atoms with Crippen molar-refractivity contribution in [3.8, 4) is 5.75 Å². The maximum absolute atomic E-state index is 11.1. The van der Waals surface area contributed by atoms with Crippen molar-refractivity contribution < 1.29 is 22.3 Å². The van der Waals surface area contributed by atoms with Crippen molar-refractivity contribution in [3.63, 3.8) is 0 Å². The number of fused-ring (bicyclic) bond motifs is 2. The number of anilines is 1. The number of ether oxygens (including phenoxy) is 1. The SMILES string of the molecule is COc1ccc2c(c1)N(C)/C(=C/c1sc3ccccc3[n+]1CCCS(=O)(=O)O)S2. The molecule has 1 aliphatic rings. The molecule has 0 saturated heterocycles. The Bertz CT molecular complexity index is 1200. The molecule has 0 unspecified atom stereocenters. The molecule has 0 amide bonds. The first-order chi connectivity index (χ1) is 13.9. The van der Waals surface area contributed by atoms with Gasteiger partial charge in [-0.3, -0.25) is 4.55 Å². The Hall–Kier alpha value is -2.07. The van der Waals surface area contributed by atoms with Gasteiger partial charge in [0.05, 0.1) is 29.7 Å². The van der Waals surface area contributed by atoms with Crippen molar-refractivity contribution in [3.05, 3.63) is 52.5 Å². The van der Waals surface area contributed by atoms with Crippen molar-refractivity contribution in [2.45, 2.75) is 17.9 Å². The van der Waals surface area contributed by atoms with Crippen molar-refractivity contribution >= 4 is 55.2 Å². The van der Waals surface area contributed by atoms with Crippen LogP contribution in [0.3, 0.4) is 0 Å². The zero-order valence-electron chi connectivity index (χ0n) is 16.0. The molecule has 0 aliphatic carbocycles. The number of methoxy groups -OCH3 is 1. The fourth-order valence-corrected chi connectivity index (χ4v) is 6.06. The lowest BCUT2D eigenvalue weighted by molar-refractivity contribution is -0.668. The summed E-state index contributed by atoms with van der Waals surface area (Å²) in [5, 5.41) is 2.12. The average molecular weight is 450 g/mol. The molecule has 3 aromatic rings. The van der Waals surface area contributed by atoms with Gasteiger partial charge in [0.15, 0.2) is 6.54 Å². The van der Waals surface area contributed by atoms with E-state index in [4.69, 9.17) is 9.29 Å². The second kappa shape index (κ2) is 7.98. The Morgan fingerprint density at radius 2 is 2.03 bits per heavy atom. The summed E-state index contributed by atoms with van der Waals surface area (Å²) in [6.45, 7) is 0.512. The van der Waals surface area contributed by atoms with Crippen LogP contribution in [0.4, 0.5) is 5.69 Å². The Morgan fingerprint density at radius 3 is 2.79 bits per heavy atom. The van der Waals surface area contributed by atoms with E-state index < -0.39 is 10.1 Å². The number of thioether (sulfide) groups is 1. The lowest BCUT2D eigenvalue weighted by Gasteiger charge is -2.13. The normalized spacial score (nSPS) is 15.3. The molecule has 152 valence electrons. The number of nitrogens with zero attached hydrogens (tertiary/aromatic N) is 2.